The SMILES string of the molecule is CCNCc1ccc(OC)cc1OCCc1ccccc1. The molecule has 112 valence electrons. The number of benzene rings is 2. The average molecular weight is 285 g/mol. The first-order chi connectivity index (χ1) is 10.3. The van der Waals surface area contributed by atoms with E-state index in [0.717, 1.165) is 36.6 Å². The first-order valence-electron chi connectivity index (χ1n) is 7.38. The highest BCUT2D eigenvalue weighted by atomic mass is 16.5. The molecule has 0 amide bonds. The molecule has 0 aliphatic carbocycles. The molecule has 2 aromatic carbocycles. The van der Waals surface area contributed by atoms with E-state index in [1.165, 1.54) is 5.56 Å². The van der Waals surface area contributed by atoms with E-state index in [4.69, 9.17) is 9.47 Å². The molecule has 0 aliphatic rings. The Hall–Kier alpha value is -2.00. The van der Waals surface area contributed by atoms with Crippen LogP contribution in [0, 0.1) is 0 Å². The summed E-state index contributed by atoms with van der Waals surface area (Å²) in [6.45, 7) is 4.51. The lowest BCUT2D eigenvalue weighted by molar-refractivity contribution is 0.314. The van der Waals surface area contributed by atoms with Gasteiger partial charge in [-0.15, -0.1) is 0 Å². The first kappa shape index (κ1) is 15.4. The zero-order valence-electron chi connectivity index (χ0n) is 12.8. The van der Waals surface area contributed by atoms with Crippen LogP contribution in [0.5, 0.6) is 11.5 Å². The molecule has 0 saturated heterocycles. The van der Waals surface area contributed by atoms with Crippen LogP contribution in [0.4, 0.5) is 0 Å². The van der Waals surface area contributed by atoms with Crippen LogP contribution in [0.15, 0.2) is 48.5 Å². The molecule has 1 N–H and O–H groups in total. The average Bonchev–Trinajstić information content (AvgIpc) is 2.54. The van der Waals surface area contributed by atoms with Crippen LogP contribution >= 0.6 is 0 Å². The molecule has 2 aromatic rings. The van der Waals surface area contributed by atoms with Gasteiger partial charge in [0.15, 0.2) is 0 Å². The van der Waals surface area contributed by atoms with Crippen LogP contribution in [-0.4, -0.2) is 20.3 Å². The molecule has 0 radical (unpaired) electrons. The van der Waals surface area contributed by atoms with E-state index in [1.807, 2.05) is 18.2 Å². The molecule has 0 aromatic heterocycles. The van der Waals surface area contributed by atoms with Crippen molar-refractivity contribution in [1.29, 1.82) is 0 Å². The van der Waals surface area contributed by atoms with Gasteiger partial charge in [0.2, 0.25) is 0 Å². The standard InChI is InChI=1S/C18H23NO2/c1-3-19-14-16-9-10-17(20-2)13-18(16)21-12-11-15-7-5-4-6-8-15/h4-10,13,19H,3,11-12,14H2,1-2H3. The lowest BCUT2D eigenvalue weighted by atomic mass is 10.1. The number of ether oxygens (including phenoxy) is 2. The maximum absolute atomic E-state index is 5.96. The molecule has 0 heterocycles. The Balaban J connectivity index is 1.99. The zero-order chi connectivity index (χ0) is 14.9. The van der Waals surface area contributed by atoms with Gasteiger partial charge in [0.1, 0.15) is 11.5 Å². The minimum Gasteiger partial charge on any atom is -0.497 e. The summed E-state index contributed by atoms with van der Waals surface area (Å²) in [5.41, 5.74) is 2.44. The third kappa shape index (κ3) is 4.80. The molecule has 3 heteroatoms. The Kier molecular flexibility index (Phi) is 6.10. The number of nitrogens with one attached hydrogen (secondary N) is 1. The van der Waals surface area contributed by atoms with Crippen molar-refractivity contribution in [3.63, 3.8) is 0 Å². The highest BCUT2D eigenvalue weighted by Gasteiger charge is 2.06. The largest absolute Gasteiger partial charge is 0.497 e. The summed E-state index contributed by atoms with van der Waals surface area (Å²) in [5.74, 6) is 1.72. The van der Waals surface area contributed by atoms with Gasteiger partial charge in [-0.25, -0.2) is 0 Å². The number of rotatable bonds is 8. The van der Waals surface area contributed by atoms with Crippen LogP contribution in [0.3, 0.4) is 0 Å². The minimum absolute atomic E-state index is 0.663. The molecule has 0 fully saturated rings. The van der Waals surface area contributed by atoms with Crippen LogP contribution in [-0.2, 0) is 13.0 Å². The number of methoxy groups -OCH3 is 1. The van der Waals surface area contributed by atoms with Gasteiger partial charge in [-0.3, -0.25) is 0 Å². The lowest BCUT2D eigenvalue weighted by Gasteiger charge is -2.13. The van der Waals surface area contributed by atoms with E-state index < -0.39 is 0 Å². The van der Waals surface area contributed by atoms with Crippen LogP contribution < -0.4 is 14.8 Å². The Morgan fingerprint density at radius 1 is 1.05 bits per heavy atom. The van der Waals surface area contributed by atoms with Gasteiger partial charge in [-0.05, 0) is 18.2 Å². The maximum atomic E-state index is 5.96. The molecular weight excluding hydrogens is 262 g/mol. The number of hydrogen-bond acceptors (Lipinski definition) is 3. The van der Waals surface area contributed by atoms with Crippen molar-refractivity contribution >= 4 is 0 Å². The van der Waals surface area contributed by atoms with Gasteiger partial charge in [-0.2, -0.15) is 0 Å². The smallest absolute Gasteiger partial charge is 0.127 e. The van der Waals surface area contributed by atoms with Crippen molar-refractivity contribution in [3.8, 4) is 11.5 Å². The molecular formula is C18H23NO2. The van der Waals surface area contributed by atoms with Gasteiger partial charge in [0.25, 0.3) is 0 Å². The molecule has 2 rings (SSSR count). The summed E-state index contributed by atoms with van der Waals surface area (Å²) in [7, 11) is 1.67. The van der Waals surface area contributed by atoms with E-state index in [0.29, 0.717) is 6.61 Å². The van der Waals surface area contributed by atoms with Crippen LogP contribution in [0.25, 0.3) is 0 Å². The van der Waals surface area contributed by atoms with Crippen molar-refractivity contribution < 1.29 is 9.47 Å². The quantitative estimate of drug-likeness (QED) is 0.806. The third-order valence-electron chi connectivity index (χ3n) is 3.33. The van der Waals surface area contributed by atoms with Gasteiger partial charge >= 0.3 is 0 Å². The molecule has 0 unspecified atom stereocenters. The summed E-state index contributed by atoms with van der Waals surface area (Å²) >= 11 is 0. The van der Waals surface area contributed by atoms with Crippen molar-refractivity contribution in [2.45, 2.75) is 19.9 Å². The van der Waals surface area contributed by atoms with E-state index in [1.54, 1.807) is 7.11 Å². The highest BCUT2D eigenvalue weighted by Crippen LogP contribution is 2.25. The predicted molar refractivity (Wildman–Crippen MR) is 86.0 cm³/mol. The summed E-state index contributed by atoms with van der Waals surface area (Å²) < 4.78 is 11.2. The van der Waals surface area contributed by atoms with Crippen LogP contribution in [0.2, 0.25) is 0 Å². The Labute approximate surface area is 126 Å². The molecule has 0 aliphatic heterocycles. The monoisotopic (exact) mass is 285 g/mol. The molecule has 0 atom stereocenters. The Bertz CT molecular complexity index is 540. The Morgan fingerprint density at radius 2 is 1.86 bits per heavy atom. The van der Waals surface area contributed by atoms with Gasteiger partial charge < -0.3 is 14.8 Å². The topological polar surface area (TPSA) is 30.5 Å². The van der Waals surface area contributed by atoms with Gasteiger partial charge in [0.05, 0.1) is 13.7 Å². The zero-order valence-corrected chi connectivity index (χ0v) is 12.8. The summed E-state index contributed by atoms with van der Waals surface area (Å²) in [6.07, 6.45) is 0.901. The molecule has 0 spiro atoms. The fourth-order valence-corrected chi connectivity index (χ4v) is 2.13. The van der Waals surface area contributed by atoms with Gasteiger partial charge in [-0.1, -0.05) is 43.3 Å². The maximum Gasteiger partial charge on any atom is 0.127 e. The summed E-state index contributed by atoms with van der Waals surface area (Å²) in [6, 6.07) is 16.4. The summed E-state index contributed by atoms with van der Waals surface area (Å²) in [4.78, 5) is 0. The minimum atomic E-state index is 0.663. The lowest BCUT2D eigenvalue weighted by Crippen LogP contribution is -2.13. The second-order valence-electron chi connectivity index (χ2n) is 4.84. The predicted octanol–water partition coefficient (Wildman–Crippen LogP) is 3.43. The van der Waals surface area contributed by atoms with E-state index in [-0.39, 0.29) is 0 Å². The van der Waals surface area contributed by atoms with Crippen molar-refractivity contribution in [2.24, 2.45) is 0 Å². The molecule has 21 heavy (non-hydrogen) atoms. The van der Waals surface area contributed by atoms with Crippen molar-refractivity contribution in [3.05, 3.63) is 59.7 Å². The molecule has 3 nitrogen and oxygen atoms in total. The summed E-state index contributed by atoms with van der Waals surface area (Å²) in [5, 5.41) is 3.33. The van der Waals surface area contributed by atoms with E-state index >= 15 is 0 Å². The van der Waals surface area contributed by atoms with Crippen LogP contribution in [0.1, 0.15) is 18.1 Å². The van der Waals surface area contributed by atoms with Crippen molar-refractivity contribution in [1.82, 2.24) is 5.32 Å². The van der Waals surface area contributed by atoms with E-state index in [2.05, 4.69) is 42.6 Å². The van der Waals surface area contributed by atoms with E-state index in [9.17, 15) is 0 Å². The molecule has 0 saturated carbocycles. The Morgan fingerprint density at radius 3 is 2.57 bits per heavy atom. The highest BCUT2D eigenvalue weighted by molar-refractivity contribution is 5.40. The van der Waals surface area contributed by atoms with Gasteiger partial charge in [0, 0.05) is 24.6 Å². The fraction of sp³-hybridized carbons (Fsp3) is 0.333. The second kappa shape index (κ2) is 8.32. The third-order valence-corrected chi connectivity index (χ3v) is 3.33. The normalized spacial score (nSPS) is 10.4. The molecule has 0 bridgehead atoms. The second-order valence-corrected chi connectivity index (χ2v) is 4.84. The fourth-order valence-electron chi connectivity index (χ4n) is 2.13. The van der Waals surface area contributed by atoms with Crippen molar-refractivity contribution in [2.75, 3.05) is 20.3 Å². The first-order valence-corrected chi connectivity index (χ1v) is 7.38. The number of hydrogen-bond donors (Lipinski definition) is 1.